The Morgan fingerprint density at radius 2 is 1.03 bits per heavy atom. The highest BCUT2D eigenvalue weighted by Crippen LogP contribution is 2.41. The molecule has 0 unspecified atom stereocenters. The number of hydrogen-bond acceptors (Lipinski definition) is 5. The molecule has 1 heterocycles. The second-order valence-corrected chi connectivity index (χ2v) is 14.3. The smallest absolute Gasteiger partial charge is 0.393 e. The molecule has 0 radical (unpaired) electrons. The van der Waals surface area contributed by atoms with Crippen LogP contribution in [0.25, 0.3) is 4.98 Å². The van der Waals surface area contributed by atoms with Crippen molar-refractivity contribution in [3.63, 3.8) is 0 Å². The second kappa shape index (κ2) is 11.9. The monoisotopic (exact) mass is 561 g/mol. The Hall–Kier alpha value is -2.62. The van der Waals surface area contributed by atoms with E-state index in [1.807, 2.05) is 23.5 Å². The molecule has 0 N–H and O–H groups in total. The molecule has 0 atom stereocenters. The van der Waals surface area contributed by atoms with Crippen LogP contribution in [0, 0.1) is 5.39 Å². The van der Waals surface area contributed by atoms with Gasteiger partial charge in [0, 0.05) is 40.6 Å². The number of benzene rings is 3. The molecule has 6 bridgehead atoms. The van der Waals surface area contributed by atoms with E-state index in [1.54, 1.807) is 14.2 Å². The molecule has 39 heavy (non-hydrogen) atoms. The summed E-state index contributed by atoms with van der Waals surface area (Å²) in [7, 11) is 3.55. The lowest BCUT2D eigenvalue weighted by atomic mass is 9.82. The van der Waals surface area contributed by atoms with Gasteiger partial charge in [-0.1, -0.05) is 84.0 Å². The molecule has 6 heteroatoms. The zero-order valence-corrected chi connectivity index (χ0v) is 26.2. The molecule has 0 aliphatic carbocycles. The van der Waals surface area contributed by atoms with Gasteiger partial charge < -0.3 is 9.47 Å². The van der Waals surface area contributed by atoms with Crippen molar-refractivity contribution >= 4 is 29.2 Å². The van der Waals surface area contributed by atoms with Crippen molar-refractivity contribution < 1.29 is 9.47 Å². The standard InChI is InChI=1S/C33H41N2O2S2/c1-32(2,3)27-13-23-12-24-14-28(33(4,5)6)16-26(31(24)37-8)20-39-18-22-11-9-10-21(29(22)35-34)17-38-19-25(15-27)30(23)36-7/h9-11,13-16H,12,17-20H2,1-8H3/q+1. The first-order valence-corrected chi connectivity index (χ1v) is 15.8. The quantitative estimate of drug-likeness (QED) is 0.292. The van der Waals surface area contributed by atoms with Gasteiger partial charge in [-0.3, -0.25) is 0 Å². The maximum absolute atomic E-state index is 9.96. The second-order valence-electron chi connectivity index (χ2n) is 12.3. The van der Waals surface area contributed by atoms with E-state index >= 15 is 0 Å². The Morgan fingerprint density at radius 1 is 0.641 bits per heavy atom. The van der Waals surface area contributed by atoms with Gasteiger partial charge in [0.25, 0.3) is 0 Å². The van der Waals surface area contributed by atoms with Gasteiger partial charge in [-0.25, -0.2) is 0 Å². The van der Waals surface area contributed by atoms with Gasteiger partial charge >= 0.3 is 5.69 Å². The summed E-state index contributed by atoms with van der Waals surface area (Å²) >= 11 is 3.64. The molecular weight excluding hydrogens is 521 g/mol. The molecule has 3 aromatic carbocycles. The molecule has 0 aromatic heterocycles. The Morgan fingerprint density at radius 3 is 1.38 bits per heavy atom. The predicted molar refractivity (Wildman–Crippen MR) is 167 cm³/mol. The Labute approximate surface area is 242 Å². The van der Waals surface area contributed by atoms with E-state index < -0.39 is 0 Å². The van der Waals surface area contributed by atoms with Crippen molar-refractivity contribution in [1.82, 2.24) is 0 Å². The van der Waals surface area contributed by atoms with Crippen LogP contribution in [0.2, 0.25) is 0 Å². The largest absolute Gasteiger partial charge is 0.496 e. The van der Waals surface area contributed by atoms with Crippen molar-refractivity contribution in [3.8, 4) is 11.5 Å². The molecular formula is C33H41N2O2S2+. The molecule has 206 valence electrons. The zero-order chi connectivity index (χ0) is 28.4. The van der Waals surface area contributed by atoms with Crippen LogP contribution in [0.1, 0.15) is 86.1 Å². The highest BCUT2D eigenvalue weighted by molar-refractivity contribution is 7.98. The average Bonchev–Trinajstić information content (AvgIpc) is 2.87. The molecule has 0 amide bonds. The van der Waals surface area contributed by atoms with E-state index in [-0.39, 0.29) is 10.8 Å². The van der Waals surface area contributed by atoms with Crippen LogP contribution >= 0.6 is 23.5 Å². The van der Waals surface area contributed by atoms with Gasteiger partial charge in [0.05, 0.1) is 25.3 Å². The van der Waals surface area contributed by atoms with E-state index in [2.05, 4.69) is 89.0 Å². The van der Waals surface area contributed by atoms with Gasteiger partial charge in [-0.05, 0) is 33.1 Å². The summed E-state index contributed by atoms with van der Waals surface area (Å²) in [6.07, 6.45) is 0.738. The van der Waals surface area contributed by atoms with Crippen LogP contribution in [-0.2, 0) is 40.3 Å². The van der Waals surface area contributed by atoms with Crippen LogP contribution in [0.5, 0.6) is 11.5 Å². The summed E-state index contributed by atoms with van der Waals surface area (Å²) in [4.78, 5) is 3.73. The lowest BCUT2D eigenvalue weighted by molar-refractivity contribution is 0.401. The fraction of sp³-hybridized carbons (Fsp3) is 0.455. The molecule has 0 saturated carbocycles. The first-order valence-electron chi connectivity index (χ1n) is 13.5. The van der Waals surface area contributed by atoms with Crippen LogP contribution in [0.4, 0.5) is 5.69 Å². The first kappa shape index (κ1) is 29.4. The normalized spacial score (nSPS) is 14.4. The Kier molecular flexibility index (Phi) is 8.93. The highest BCUT2D eigenvalue weighted by Gasteiger charge is 2.25. The number of diazo groups is 1. The van der Waals surface area contributed by atoms with E-state index in [0.717, 1.165) is 52.1 Å². The number of ether oxygens (including phenoxy) is 2. The van der Waals surface area contributed by atoms with E-state index in [4.69, 9.17) is 9.47 Å². The van der Waals surface area contributed by atoms with Crippen LogP contribution in [-0.4, -0.2) is 14.2 Å². The van der Waals surface area contributed by atoms with Gasteiger partial charge in [0.2, 0.25) is 5.39 Å². The van der Waals surface area contributed by atoms with Crippen molar-refractivity contribution in [3.05, 3.63) is 91.9 Å². The number of thioether (sulfide) groups is 2. The minimum absolute atomic E-state index is 0.00230. The van der Waals surface area contributed by atoms with Crippen LogP contribution in [0.3, 0.4) is 0 Å². The van der Waals surface area contributed by atoms with Crippen molar-refractivity contribution in [2.45, 2.75) is 81.8 Å². The van der Waals surface area contributed by atoms with Crippen molar-refractivity contribution in [1.29, 1.82) is 5.39 Å². The predicted octanol–water partition coefficient (Wildman–Crippen LogP) is 9.55. The number of rotatable bonds is 2. The fourth-order valence-corrected chi connectivity index (χ4v) is 7.11. The molecule has 0 saturated heterocycles. The molecule has 3 aromatic rings. The Balaban J connectivity index is 1.96. The van der Waals surface area contributed by atoms with Crippen LogP contribution < -0.4 is 9.47 Å². The lowest BCUT2D eigenvalue weighted by Gasteiger charge is -2.26. The van der Waals surface area contributed by atoms with Crippen molar-refractivity contribution in [2.75, 3.05) is 14.2 Å². The molecule has 1 aliphatic heterocycles. The third-order valence-electron chi connectivity index (χ3n) is 7.34. The maximum Gasteiger partial charge on any atom is 0.393 e. The van der Waals surface area contributed by atoms with Gasteiger partial charge in [-0.15, -0.1) is 0 Å². The third-order valence-corrected chi connectivity index (χ3v) is 9.40. The maximum atomic E-state index is 9.96. The number of fused-ring (bicyclic) bond motifs is 6. The van der Waals surface area contributed by atoms with E-state index in [0.29, 0.717) is 5.69 Å². The van der Waals surface area contributed by atoms with Crippen molar-refractivity contribution in [2.24, 2.45) is 0 Å². The summed E-state index contributed by atoms with van der Waals surface area (Å²) in [5.74, 6) is 5.02. The minimum atomic E-state index is -0.00230. The minimum Gasteiger partial charge on any atom is -0.496 e. The Bertz CT molecular complexity index is 1300. The number of hydrogen-bond donors (Lipinski definition) is 0. The van der Waals surface area contributed by atoms with E-state index in [1.165, 1.54) is 33.4 Å². The van der Waals surface area contributed by atoms with Gasteiger partial charge in [0.1, 0.15) is 11.5 Å². The SMILES string of the molecule is COc1c2cc(C(C)(C)C)cc1Cc1cc(C(C)(C)C)cc(c1OC)CSCc1cccc(c1[N+]#N)CSC2. The fourth-order valence-electron chi connectivity index (χ4n) is 5.13. The van der Waals surface area contributed by atoms with Crippen LogP contribution in [0.15, 0.2) is 42.5 Å². The highest BCUT2D eigenvalue weighted by atomic mass is 32.2. The van der Waals surface area contributed by atoms with Gasteiger partial charge in [0.15, 0.2) is 4.98 Å². The van der Waals surface area contributed by atoms with Gasteiger partial charge in [-0.2, -0.15) is 23.5 Å². The summed E-state index contributed by atoms with van der Waals surface area (Å²) in [5.41, 5.74) is 10.1. The first-order chi connectivity index (χ1) is 18.5. The number of methoxy groups -OCH3 is 2. The third kappa shape index (κ3) is 6.58. The summed E-state index contributed by atoms with van der Waals surface area (Å²) in [6, 6.07) is 15.4. The topological polar surface area (TPSA) is 46.6 Å². The molecule has 0 spiro atoms. The average molecular weight is 562 g/mol. The lowest BCUT2D eigenvalue weighted by Crippen LogP contribution is -2.15. The summed E-state index contributed by atoms with van der Waals surface area (Å²) in [5, 5.41) is 9.96. The molecule has 0 fully saturated rings. The number of nitrogens with zero attached hydrogens (tertiary/aromatic N) is 2. The zero-order valence-electron chi connectivity index (χ0n) is 24.6. The summed E-state index contributed by atoms with van der Waals surface area (Å²) < 4.78 is 12.2. The molecule has 4 nitrogen and oxygen atoms in total. The molecule has 4 rings (SSSR count). The van der Waals surface area contributed by atoms with E-state index in [9.17, 15) is 5.39 Å². The molecule has 1 aliphatic rings. The summed E-state index contributed by atoms with van der Waals surface area (Å²) in [6.45, 7) is 13.6.